The number of hydrogen-bond donors (Lipinski definition) is 2. The molecule has 2 N–H and O–H groups in total. The molecule has 4 heteroatoms. The molecule has 130 valence electrons. The van der Waals surface area contributed by atoms with Gasteiger partial charge in [-0.2, -0.15) is 0 Å². The van der Waals surface area contributed by atoms with Crippen LogP contribution in [0.15, 0.2) is 30.3 Å². The summed E-state index contributed by atoms with van der Waals surface area (Å²) in [5.74, 6) is 0.631. The van der Waals surface area contributed by atoms with E-state index in [0.717, 1.165) is 25.8 Å². The van der Waals surface area contributed by atoms with Gasteiger partial charge in [0.25, 0.3) is 0 Å². The number of amides is 1. The van der Waals surface area contributed by atoms with Crippen molar-refractivity contribution in [3.63, 3.8) is 0 Å². The van der Waals surface area contributed by atoms with Crippen molar-refractivity contribution >= 4 is 5.91 Å². The first-order valence-corrected chi connectivity index (χ1v) is 9.51. The Morgan fingerprint density at radius 3 is 2.58 bits per heavy atom. The Bertz CT molecular complexity index is 572. The average Bonchev–Trinajstić information content (AvgIpc) is 2.88. The average molecular weight is 328 g/mol. The molecule has 4 atom stereocenters. The van der Waals surface area contributed by atoms with Crippen LogP contribution in [-0.4, -0.2) is 47.2 Å². The molecule has 0 unspecified atom stereocenters. The lowest BCUT2D eigenvalue weighted by molar-refractivity contribution is -0.128. The Balaban J connectivity index is 1.64. The summed E-state index contributed by atoms with van der Waals surface area (Å²) >= 11 is 0. The number of benzene rings is 1. The van der Waals surface area contributed by atoms with Gasteiger partial charge in [-0.15, -0.1) is 0 Å². The number of aliphatic hydroxyl groups is 1. The Morgan fingerprint density at radius 1 is 1.12 bits per heavy atom. The van der Waals surface area contributed by atoms with E-state index in [0.29, 0.717) is 6.04 Å². The smallest absolute Gasteiger partial charge is 0.223 e. The van der Waals surface area contributed by atoms with Gasteiger partial charge in [-0.05, 0) is 37.8 Å². The summed E-state index contributed by atoms with van der Waals surface area (Å²) in [7, 11) is 0. The van der Waals surface area contributed by atoms with Crippen LogP contribution >= 0.6 is 0 Å². The zero-order valence-electron chi connectivity index (χ0n) is 14.2. The minimum Gasteiger partial charge on any atom is -0.395 e. The third-order valence-electron chi connectivity index (χ3n) is 6.39. The summed E-state index contributed by atoms with van der Waals surface area (Å²) < 4.78 is 0. The molecular formula is C20H28N2O2. The zero-order valence-corrected chi connectivity index (χ0v) is 14.2. The third kappa shape index (κ3) is 2.76. The van der Waals surface area contributed by atoms with Crippen molar-refractivity contribution in [2.45, 2.75) is 62.6 Å². The van der Waals surface area contributed by atoms with Crippen LogP contribution in [0.25, 0.3) is 0 Å². The first kappa shape index (κ1) is 16.1. The first-order valence-electron chi connectivity index (χ1n) is 9.51. The molecule has 0 radical (unpaired) electrons. The fourth-order valence-electron chi connectivity index (χ4n) is 4.92. The second-order valence-corrected chi connectivity index (χ2v) is 7.65. The second-order valence-electron chi connectivity index (χ2n) is 7.65. The molecular weight excluding hydrogens is 300 g/mol. The summed E-state index contributed by atoms with van der Waals surface area (Å²) in [5.41, 5.74) is 1.24. The highest BCUT2D eigenvalue weighted by Gasteiger charge is 2.50. The lowest BCUT2D eigenvalue weighted by Crippen LogP contribution is -2.50. The number of nitrogens with zero attached hydrogens (tertiary/aromatic N) is 1. The molecule has 3 aliphatic rings. The van der Waals surface area contributed by atoms with Gasteiger partial charge in [0.05, 0.1) is 12.6 Å². The van der Waals surface area contributed by atoms with Gasteiger partial charge in [0, 0.05) is 23.9 Å². The van der Waals surface area contributed by atoms with Gasteiger partial charge in [-0.1, -0.05) is 43.2 Å². The van der Waals surface area contributed by atoms with E-state index in [4.69, 9.17) is 0 Å². The van der Waals surface area contributed by atoms with Crippen LogP contribution in [0.2, 0.25) is 0 Å². The van der Waals surface area contributed by atoms with Crippen LogP contribution in [0.3, 0.4) is 0 Å². The van der Waals surface area contributed by atoms with Crippen molar-refractivity contribution in [1.82, 2.24) is 10.2 Å². The summed E-state index contributed by atoms with van der Waals surface area (Å²) in [6.45, 7) is 1.20. The molecule has 1 aliphatic carbocycles. The molecule has 0 bridgehead atoms. The molecule has 1 saturated carbocycles. The fraction of sp³-hybridized carbons (Fsp3) is 0.650. The summed E-state index contributed by atoms with van der Waals surface area (Å²) in [4.78, 5) is 15.1. The van der Waals surface area contributed by atoms with Gasteiger partial charge in [0.2, 0.25) is 5.91 Å². The third-order valence-corrected chi connectivity index (χ3v) is 6.39. The number of aliphatic hydroxyl groups excluding tert-OH is 1. The fourth-order valence-corrected chi connectivity index (χ4v) is 4.92. The minimum absolute atomic E-state index is 0.115. The maximum atomic E-state index is 12.6. The molecule has 2 aliphatic heterocycles. The molecule has 0 aromatic heterocycles. The Morgan fingerprint density at radius 2 is 1.92 bits per heavy atom. The molecule has 1 aromatic carbocycles. The van der Waals surface area contributed by atoms with Crippen LogP contribution in [-0.2, 0) is 4.79 Å². The van der Waals surface area contributed by atoms with Crippen molar-refractivity contribution < 1.29 is 9.90 Å². The SMILES string of the molecule is O=C(N[C@@H]1[C@@H](c2ccccc2)[C@@H](CO)N2CCCC[C@H]12)C1CCC1. The van der Waals surface area contributed by atoms with Crippen LogP contribution < -0.4 is 5.32 Å². The molecule has 1 aromatic rings. The van der Waals surface area contributed by atoms with Gasteiger partial charge in [0.15, 0.2) is 0 Å². The van der Waals surface area contributed by atoms with Crippen LogP contribution in [0.4, 0.5) is 0 Å². The normalized spacial score (nSPS) is 33.7. The van der Waals surface area contributed by atoms with Gasteiger partial charge in [-0.3, -0.25) is 9.69 Å². The van der Waals surface area contributed by atoms with E-state index in [2.05, 4.69) is 34.5 Å². The lowest BCUT2D eigenvalue weighted by atomic mass is 9.82. The van der Waals surface area contributed by atoms with Crippen LogP contribution in [0.1, 0.15) is 50.0 Å². The van der Waals surface area contributed by atoms with E-state index in [1.165, 1.54) is 24.8 Å². The Hall–Kier alpha value is -1.39. The summed E-state index contributed by atoms with van der Waals surface area (Å²) in [6.07, 6.45) is 6.78. The minimum atomic E-state index is 0.115. The predicted molar refractivity (Wildman–Crippen MR) is 93.7 cm³/mol. The molecule has 0 spiro atoms. The predicted octanol–water partition coefficient (Wildman–Crippen LogP) is 2.28. The Labute approximate surface area is 144 Å². The number of carbonyl (C=O) groups is 1. The van der Waals surface area contributed by atoms with E-state index in [1.54, 1.807) is 0 Å². The van der Waals surface area contributed by atoms with Crippen LogP contribution in [0, 0.1) is 5.92 Å². The number of rotatable bonds is 4. The van der Waals surface area contributed by atoms with E-state index >= 15 is 0 Å². The topological polar surface area (TPSA) is 52.6 Å². The highest BCUT2D eigenvalue weighted by atomic mass is 16.3. The van der Waals surface area contributed by atoms with Crippen molar-refractivity contribution in [2.75, 3.05) is 13.2 Å². The highest BCUT2D eigenvalue weighted by Crippen LogP contribution is 2.42. The second kappa shape index (κ2) is 6.85. The maximum absolute atomic E-state index is 12.6. The molecule has 1 amide bonds. The number of nitrogens with one attached hydrogen (secondary N) is 1. The summed E-state index contributed by atoms with van der Waals surface area (Å²) in [6, 6.07) is 11.1. The zero-order chi connectivity index (χ0) is 16.5. The molecule has 2 saturated heterocycles. The van der Waals surface area contributed by atoms with Crippen molar-refractivity contribution in [1.29, 1.82) is 0 Å². The molecule has 2 heterocycles. The number of hydrogen-bond acceptors (Lipinski definition) is 3. The molecule has 3 fully saturated rings. The molecule has 24 heavy (non-hydrogen) atoms. The first-order chi connectivity index (χ1) is 11.8. The highest BCUT2D eigenvalue weighted by molar-refractivity contribution is 5.80. The van der Waals surface area contributed by atoms with Crippen molar-refractivity contribution in [3.8, 4) is 0 Å². The Kier molecular flexibility index (Phi) is 4.59. The lowest BCUT2D eigenvalue weighted by Gasteiger charge is -2.35. The van der Waals surface area contributed by atoms with Gasteiger partial charge in [-0.25, -0.2) is 0 Å². The van der Waals surface area contributed by atoms with Crippen LogP contribution in [0.5, 0.6) is 0 Å². The molecule has 4 rings (SSSR count). The van der Waals surface area contributed by atoms with Gasteiger partial charge in [0.1, 0.15) is 0 Å². The van der Waals surface area contributed by atoms with Gasteiger partial charge >= 0.3 is 0 Å². The van der Waals surface area contributed by atoms with E-state index in [9.17, 15) is 9.90 Å². The number of piperidine rings is 1. The monoisotopic (exact) mass is 328 g/mol. The number of fused-ring (bicyclic) bond motifs is 1. The van der Waals surface area contributed by atoms with Gasteiger partial charge < -0.3 is 10.4 Å². The van der Waals surface area contributed by atoms with Crippen molar-refractivity contribution in [3.05, 3.63) is 35.9 Å². The largest absolute Gasteiger partial charge is 0.395 e. The summed E-state index contributed by atoms with van der Waals surface area (Å²) in [5, 5.41) is 13.5. The quantitative estimate of drug-likeness (QED) is 0.892. The number of carbonyl (C=O) groups excluding carboxylic acids is 1. The van der Waals surface area contributed by atoms with E-state index in [-0.39, 0.29) is 36.4 Å². The van der Waals surface area contributed by atoms with E-state index < -0.39 is 0 Å². The standard InChI is InChI=1S/C20H28N2O2/c23-13-17-18(14-7-2-1-3-8-14)19(16-11-4-5-12-22(16)17)21-20(24)15-9-6-10-15/h1-3,7-8,15-19,23H,4-6,9-13H2,(H,21,24)/t16-,17-,18+,19+/m1/s1. The van der Waals surface area contributed by atoms with E-state index in [1.807, 2.05) is 6.07 Å². The maximum Gasteiger partial charge on any atom is 0.223 e. The van der Waals surface area contributed by atoms with Crippen molar-refractivity contribution in [2.24, 2.45) is 5.92 Å². The molecule has 4 nitrogen and oxygen atoms in total.